The zero-order valence-corrected chi connectivity index (χ0v) is 18.1. The minimum Gasteiger partial charge on any atom is -0.497 e. The van der Waals surface area contributed by atoms with Crippen molar-refractivity contribution in [2.45, 2.75) is 6.10 Å². The summed E-state index contributed by atoms with van der Waals surface area (Å²) in [5, 5.41) is 3.41. The molecule has 31 heavy (non-hydrogen) atoms. The molecule has 0 saturated carbocycles. The highest BCUT2D eigenvalue weighted by Crippen LogP contribution is 2.32. The molecule has 7 nitrogen and oxygen atoms in total. The van der Waals surface area contributed by atoms with Gasteiger partial charge in [0.05, 0.1) is 44.2 Å². The Morgan fingerprint density at radius 1 is 1.03 bits per heavy atom. The van der Waals surface area contributed by atoms with Crippen LogP contribution < -0.4 is 15.0 Å². The number of ether oxygens (including phenoxy) is 3. The third kappa shape index (κ3) is 4.49. The minimum atomic E-state index is -0.372. The molecule has 0 radical (unpaired) electrons. The molecule has 160 valence electrons. The Hall–Kier alpha value is -3.52. The summed E-state index contributed by atoms with van der Waals surface area (Å²) < 4.78 is 17.9. The lowest BCUT2D eigenvalue weighted by Gasteiger charge is -2.41. The van der Waals surface area contributed by atoms with Crippen LogP contribution in [0, 0.1) is 0 Å². The number of nitrogens with zero attached hydrogens (tertiary/aromatic N) is 2. The van der Waals surface area contributed by atoms with E-state index in [4.69, 9.17) is 26.4 Å². The summed E-state index contributed by atoms with van der Waals surface area (Å²) in [5.41, 5.74) is 3.07. The highest BCUT2D eigenvalue weighted by atomic mass is 32.1. The number of nitrogens with one attached hydrogen (secondary N) is 1. The van der Waals surface area contributed by atoms with E-state index in [2.05, 4.69) is 10.2 Å². The number of anilines is 2. The SMILES string of the molecule is COC(=O)c1cccc(N2CC(OC(=S)Nc3ccc(OC)cc3)C2)c1-n1cccc1. The highest BCUT2D eigenvalue weighted by molar-refractivity contribution is 7.80. The van der Waals surface area contributed by atoms with Gasteiger partial charge in [-0.3, -0.25) is 0 Å². The Morgan fingerprint density at radius 2 is 1.74 bits per heavy atom. The zero-order chi connectivity index (χ0) is 21.8. The van der Waals surface area contributed by atoms with Crippen LogP contribution in [0.25, 0.3) is 5.69 Å². The van der Waals surface area contributed by atoms with Gasteiger partial charge in [-0.05, 0) is 60.7 Å². The normalized spacial score (nSPS) is 13.3. The van der Waals surface area contributed by atoms with Crippen LogP contribution in [0.15, 0.2) is 67.0 Å². The summed E-state index contributed by atoms with van der Waals surface area (Å²) >= 11 is 5.34. The predicted octanol–water partition coefficient (Wildman–Crippen LogP) is 3.87. The summed E-state index contributed by atoms with van der Waals surface area (Å²) in [7, 11) is 3.01. The first kappa shape index (κ1) is 20.7. The maximum atomic E-state index is 12.3. The second-order valence-electron chi connectivity index (χ2n) is 7.04. The van der Waals surface area contributed by atoms with Crippen molar-refractivity contribution in [1.82, 2.24) is 4.57 Å². The number of esters is 1. The number of benzene rings is 2. The van der Waals surface area contributed by atoms with E-state index >= 15 is 0 Å². The summed E-state index contributed by atoms with van der Waals surface area (Å²) in [4.78, 5) is 14.5. The number of carbonyl (C=O) groups excluding carboxylic acids is 1. The third-order valence-electron chi connectivity index (χ3n) is 5.08. The lowest BCUT2D eigenvalue weighted by molar-refractivity contribution is 0.0601. The van der Waals surface area contributed by atoms with Crippen molar-refractivity contribution in [2.24, 2.45) is 0 Å². The number of hydrogen-bond acceptors (Lipinski definition) is 6. The first-order valence-corrected chi connectivity index (χ1v) is 10.2. The molecule has 8 heteroatoms. The fourth-order valence-electron chi connectivity index (χ4n) is 3.50. The molecule has 4 rings (SSSR count). The molecule has 1 aliphatic heterocycles. The van der Waals surface area contributed by atoms with Crippen molar-refractivity contribution < 1.29 is 19.0 Å². The molecule has 0 bridgehead atoms. The molecule has 2 heterocycles. The van der Waals surface area contributed by atoms with Crippen molar-refractivity contribution in [3.8, 4) is 11.4 Å². The maximum absolute atomic E-state index is 12.3. The lowest BCUT2D eigenvalue weighted by atomic mass is 10.1. The van der Waals surface area contributed by atoms with E-state index in [-0.39, 0.29) is 12.1 Å². The molecule has 0 aliphatic carbocycles. The first-order chi connectivity index (χ1) is 15.1. The van der Waals surface area contributed by atoms with Gasteiger partial charge in [-0.2, -0.15) is 0 Å². The minimum absolute atomic E-state index is 0.0439. The fraction of sp³-hybridized carbons (Fsp3) is 0.217. The Labute approximate surface area is 186 Å². The van der Waals surface area contributed by atoms with Crippen molar-refractivity contribution in [3.63, 3.8) is 0 Å². The Bertz CT molecular complexity index is 1060. The predicted molar refractivity (Wildman–Crippen MR) is 123 cm³/mol. The van der Waals surface area contributed by atoms with Crippen LogP contribution in [0.5, 0.6) is 5.75 Å². The summed E-state index contributed by atoms with van der Waals surface area (Å²) in [6.45, 7) is 1.31. The molecule has 0 unspecified atom stereocenters. The fourth-order valence-corrected chi connectivity index (χ4v) is 3.75. The Balaban J connectivity index is 1.42. The average Bonchev–Trinajstić information content (AvgIpc) is 3.30. The van der Waals surface area contributed by atoms with Gasteiger partial charge >= 0.3 is 5.97 Å². The van der Waals surface area contributed by atoms with E-state index in [1.165, 1.54) is 7.11 Å². The molecule has 0 spiro atoms. The van der Waals surface area contributed by atoms with Crippen LogP contribution in [0.3, 0.4) is 0 Å². The van der Waals surface area contributed by atoms with E-state index in [0.29, 0.717) is 23.8 Å². The Morgan fingerprint density at radius 3 is 2.39 bits per heavy atom. The van der Waals surface area contributed by atoms with Gasteiger partial charge < -0.3 is 29.0 Å². The van der Waals surface area contributed by atoms with Crippen LogP contribution in [0.4, 0.5) is 11.4 Å². The smallest absolute Gasteiger partial charge is 0.340 e. The monoisotopic (exact) mass is 437 g/mol. The van der Waals surface area contributed by atoms with E-state index < -0.39 is 0 Å². The topological polar surface area (TPSA) is 65.0 Å². The second-order valence-corrected chi connectivity index (χ2v) is 7.41. The highest BCUT2D eigenvalue weighted by Gasteiger charge is 2.32. The third-order valence-corrected chi connectivity index (χ3v) is 5.28. The number of thiocarbonyl (C=S) groups is 1. The second kappa shape index (κ2) is 9.09. The first-order valence-electron chi connectivity index (χ1n) is 9.80. The summed E-state index contributed by atoms with van der Waals surface area (Å²) in [6.07, 6.45) is 3.78. The van der Waals surface area contributed by atoms with E-state index in [1.807, 2.05) is 65.5 Å². The van der Waals surface area contributed by atoms with Crippen LogP contribution in [0.1, 0.15) is 10.4 Å². The number of aromatic nitrogens is 1. The van der Waals surface area contributed by atoms with Crippen molar-refractivity contribution in [3.05, 3.63) is 72.6 Å². The summed E-state index contributed by atoms with van der Waals surface area (Å²) in [6, 6.07) is 16.9. The quantitative estimate of drug-likeness (QED) is 0.464. The van der Waals surface area contributed by atoms with Crippen LogP contribution in [0.2, 0.25) is 0 Å². The van der Waals surface area contributed by atoms with Crippen molar-refractivity contribution >= 4 is 34.7 Å². The van der Waals surface area contributed by atoms with E-state index in [1.54, 1.807) is 13.2 Å². The van der Waals surface area contributed by atoms with Crippen LogP contribution in [-0.2, 0) is 9.47 Å². The molecular weight excluding hydrogens is 414 g/mol. The number of para-hydroxylation sites is 1. The molecular formula is C23H23N3O4S. The van der Waals surface area contributed by atoms with Crippen LogP contribution in [-0.4, -0.2) is 49.1 Å². The van der Waals surface area contributed by atoms with Gasteiger partial charge in [0.25, 0.3) is 5.17 Å². The molecule has 1 aromatic heterocycles. The van der Waals surface area contributed by atoms with Gasteiger partial charge in [0, 0.05) is 18.1 Å². The van der Waals surface area contributed by atoms with Crippen molar-refractivity contribution in [1.29, 1.82) is 0 Å². The number of methoxy groups -OCH3 is 2. The van der Waals surface area contributed by atoms with E-state index in [9.17, 15) is 4.79 Å². The van der Waals surface area contributed by atoms with E-state index in [0.717, 1.165) is 22.8 Å². The standard InChI is InChI=1S/C23H23N3O4S/c1-28-17-10-8-16(9-11-17)24-23(31)30-18-14-26(15-18)20-7-5-6-19(22(27)29-2)21(20)25-12-3-4-13-25/h3-13,18H,14-15H2,1-2H3,(H,24,31). The number of rotatable bonds is 6. The molecule has 0 atom stereocenters. The Kier molecular flexibility index (Phi) is 6.08. The lowest BCUT2D eigenvalue weighted by Crippen LogP contribution is -2.53. The van der Waals surface area contributed by atoms with Gasteiger partial charge in [0.2, 0.25) is 0 Å². The van der Waals surface area contributed by atoms with Gasteiger partial charge in [-0.1, -0.05) is 6.07 Å². The van der Waals surface area contributed by atoms with Gasteiger partial charge in [0.15, 0.2) is 0 Å². The molecule has 1 saturated heterocycles. The molecule has 1 aliphatic rings. The van der Waals surface area contributed by atoms with Gasteiger partial charge in [-0.25, -0.2) is 4.79 Å². The molecule has 2 aromatic carbocycles. The van der Waals surface area contributed by atoms with Crippen molar-refractivity contribution in [2.75, 3.05) is 37.5 Å². The van der Waals surface area contributed by atoms with Gasteiger partial charge in [0.1, 0.15) is 11.9 Å². The molecule has 1 fully saturated rings. The number of carbonyl (C=O) groups is 1. The maximum Gasteiger partial charge on any atom is 0.340 e. The average molecular weight is 438 g/mol. The molecule has 1 N–H and O–H groups in total. The van der Waals surface area contributed by atoms with Gasteiger partial charge in [-0.15, -0.1) is 0 Å². The summed E-state index contributed by atoms with van der Waals surface area (Å²) in [5.74, 6) is 0.406. The largest absolute Gasteiger partial charge is 0.497 e. The van der Waals surface area contributed by atoms with Crippen LogP contribution >= 0.6 is 12.2 Å². The zero-order valence-electron chi connectivity index (χ0n) is 17.3. The molecule has 3 aromatic rings. The molecule has 0 amide bonds. The number of hydrogen-bond donors (Lipinski definition) is 1.